The van der Waals surface area contributed by atoms with E-state index < -0.39 is 10.0 Å². The van der Waals surface area contributed by atoms with Gasteiger partial charge >= 0.3 is 0 Å². The Hall–Kier alpha value is -3.32. The van der Waals surface area contributed by atoms with Crippen LogP contribution >= 0.6 is 0 Å². The van der Waals surface area contributed by atoms with Crippen molar-refractivity contribution in [1.29, 1.82) is 0 Å². The molecule has 1 aromatic heterocycles. The van der Waals surface area contributed by atoms with Gasteiger partial charge in [-0.2, -0.15) is 0 Å². The summed E-state index contributed by atoms with van der Waals surface area (Å²) >= 11 is 0. The van der Waals surface area contributed by atoms with Gasteiger partial charge in [-0.3, -0.25) is 9.71 Å². The van der Waals surface area contributed by atoms with Gasteiger partial charge in [0.15, 0.2) is 11.5 Å². The van der Waals surface area contributed by atoms with Crippen molar-refractivity contribution in [1.82, 2.24) is 4.98 Å². The van der Waals surface area contributed by atoms with E-state index in [9.17, 15) is 8.42 Å². The Labute approximate surface area is 164 Å². The highest BCUT2D eigenvalue weighted by Gasteiger charge is 2.18. The lowest BCUT2D eigenvalue weighted by molar-refractivity contribution is 0.354. The highest BCUT2D eigenvalue weighted by Crippen LogP contribution is 2.30. The zero-order valence-electron chi connectivity index (χ0n) is 15.5. The number of benzene rings is 2. The fourth-order valence-electron chi connectivity index (χ4n) is 2.58. The van der Waals surface area contributed by atoms with Gasteiger partial charge in [0.05, 0.1) is 24.8 Å². The molecule has 3 aromatic rings. The van der Waals surface area contributed by atoms with E-state index in [0.717, 1.165) is 11.1 Å². The molecule has 0 spiro atoms. The third kappa shape index (κ3) is 4.50. The highest BCUT2D eigenvalue weighted by atomic mass is 32.2. The quantitative estimate of drug-likeness (QED) is 0.651. The van der Waals surface area contributed by atoms with Crippen LogP contribution in [0.5, 0.6) is 11.5 Å². The molecule has 7 heteroatoms. The maximum absolute atomic E-state index is 12.9. The molecule has 2 aromatic carbocycles. The molecule has 6 nitrogen and oxygen atoms in total. The Balaban J connectivity index is 1.90. The summed E-state index contributed by atoms with van der Waals surface area (Å²) in [7, 11) is -0.851. The molecule has 0 bridgehead atoms. The van der Waals surface area contributed by atoms with Crippen molar-refractivity contribution in [3.63, 3.8) is 0 Å². The number of sulfonamides is 1. The number of para-hydroxylation sites is 1. The van der Waals surface area contributed by atoms with Crippen molar-refractivity contribution in [2.75, 3.05) is 18.9 Å². The molecule has 0 unspecified atom stereocenters. The number of aromatic nitrogens is 1. The van der Waals surface area contributed by atoms with Gasteiger partial charge in [-0.25, -0.2) is 8.42 Å². The second-order valence-corrected chi connectivity index (χ2v) is 7.51. The van der Waals surface area contributed by atoms with E-state index in [2.05, 4.69) is 9.71 Å². The number of anilines is 1. The zero-order valence-corrected chi connectivity index (χ0v) is 16.3. The van der Waals surface area contributed by atoms with Crippen LogP contribution in [0.1, 0.15) is 11.1 Å². The fraction of sp³-hybridized carbons (Fsp3) is 0.0952. The number of rotatable bonds is 7. The minimum absolute atomic E-state index is 0.0815. The third-order valence-corrected chi connectivity index (χ3v) is 5.40. The normalized spacial score (nSPS) is 11.4. The van der Waals surface area contributed by atoms with Crippen molar-refractivity contribution in [3.8, 4) is 11.5 Å². The molecule has 0 aliphatic rings. The maximum atomic E-state index is 12.9. The lowest BCUT2D eigenvalue weighted by atomic mass is 10.1. The molecule has 0 aliphatic carbocycles. The number of pyridine rings is 1. The molecular formula is C21H20N2O4S. The Kier molecular flexibility index (Phi) is 5.96. The van der Waals surface area contributed by atoms with Crippen molar-refractivity contribution in [2.24, 2.45) is 0 Å². The number of ether oxygens (including phenoxy) is 2. The Bertz CT molecular complexity index is 1080. The van der Waals surface area contributed by atoms with Crippen molar-refractivity contribution >= 4 is 27.9 Å². The Morgan fingerprint density at radius 3 is 2.32 bits per heavy atom. The van der Waals surface area contributed by atoms with Gasteiger partial charge in [-0.15, -0.1) is 0 Å². The van der Waals surface area contributed by atoms with Crippen LogP contribution in [0, 0.1) is 0 Å². The minimum atomic E-state index is -3.81. The predicted molar refractivity (Wildman–Crippen MR) is 110 cm³/mol. The summed E-state index contributed by atoms with van der Waals surface area (Å²) in [4.78, 5) is 4.06. The second kappa shape index (κ2) is 8.58. The zero-order chi connectivity index (χ0) is 20.0. The summed E-state index contributed by atoms with van der Waals surface area (Å²) in [5.74, 6) is 0.804. The molecule has 0 radical (unpaired) electrons. The standard InChI is InChI=1S/C21H20N2O4S/c1-26-20-10-9-18(15-21(20)27-2)28(24,25)23-19-6-4-3-5-17(19)8-7-16-11-13-22-14-12-16/h3-15,23H,1-2H3. The van der Waals surface area contributed by atoms with E-state index in [4.69, 9.17) is 9.47 Å². The van der Waals surface area contributed by atoms with Gasteiger partial charge in [-0.1, -0.05) is 30.4 Å². The van der Waals surface area contributed by atoms with Crippen LogP contribution in [-0.4, -0.2) is 27.6 Å². The molecule has 0 fully saturated rings. The van der Waals surface area contributed by atoms with Crippen molar-refractivity contribution in [3.05, 3.63) is 78.1 Å². The number of hydrogen-bond donors (Lipinski definition) is 1. The average Bonchev–Trinajstić information content (AvgIpc) is 2.73. The van der Waals surface area contributed by atoms with E-state index in [1.165, 1.54) is 26.4 Å². The summed E-state index contributed by atoms with van der Waals surface area (Å²) in [6.07, 6.45) is 7.14. The summed E-state index contributed by atoms with van der Waals surface area (Å²) in [6, 6.07) is 15.4. The monoisotopic (exact) mass is 396 g/mol. The van der Waals surface area contributed by atoms with Crippen LogP contribution in [0.25, 0.3) is 12.2 Å². The summed E-state index contributed by atoms with van der Waals surface area (Å²) in [5.41, 5.74) is 2.18. The van der Waals surface area contributed by atoms with Gasteiger partial charge in [0.1, 0.15) is 0 Å². The topological polar surface area (TPSA) is 77.5 Å². The summed E-state index contributed by atoms with van der Waals surface area (Å²) in [6.45, 7) is 0. The molecule has 28 heavy (non-hydrogen) atoms. The van der Waals surface area contributed by atoms with Crippen LogP contribution in [0.3, 0.4) is 0 Å². The van der Waals surface area contributed by atoms with Gasteiger partial charge in [0, 0.05) is 18.5 Å². The average molecular weight is 396 g/mol. The Morgan fingerprint density at radius 2 is 1.61 bits per heavy atom. The molecule has 3 rings (SSSR count). The maximum Gasteiger partial charge on any atom is 0.262 e. The lowest BCUT2D eigenvalue weighted by Gasteiger charge is -2.13. The fourth-order valence-corrected chi connectivity index (χ4v) is 3.69. The molecule has 0 saturated heterocycles. The smallest absolute Gasteiger partial charge is 0.262 e. The third-order valence-electron chi connectivity index (χ3n) is 4.03. The van der Waals surface area contributed by atoms with E-state index in [1.807, 2.05) is 36.4 Å². The Morgan fingerprint density at radius 1 is 0.893 bits per heavy atom. The van der Waals surface area contributed by atoms with Crippen LogP contribution in [0.4, 0.5) is 5.69 Å². The molecule has 0 aliphatic heterocycles. The molecule has 0 atom stereocenters. The van der Waals surface area contributed by atoms with Crippen LogP contribution < -0.4 is 14.2 Å². The van der Waals surface area contributed by atoms with Gasteiger partial charge in [0.25, 0.3) is 10.0 Å². The van der Waals surface area contributed by atoms with Crippen LogP contribution in [0.15, 0.2) is 71.9 Å². The SMILES string of the molecule is COc1ccc(S(=O)(=O)Nc2ccccc2C=Cc2ccncc2)cc1OC. The molecule has 144 valence electrons. The van der Waals surface area contributed by atoms with E-state index in [0.29, 0.717) is 17.2 Å². The van der Waals surface area contributed by atoms with Gasteiger partial charge in [0.2, 0.25) is 0 Å². The number of hydrogen-bond acceptors (Lipinski definition) is 5. The summed E-state index contributed by atoms with van der Waals surface area (Å²) < 4.78 is 38.7. The first-order valence-electron chi connectivity index (χ1n) is 8.45. The van der Waals surface area contributed by atoms with Crippen molar-refractivity contribution in [2.45, 2.75) is 4.90 Å². The lowest BCUT2D eigenvalue weighted by Crippen LogP contribution is -2.14. The molecule has 0 amide bonds. The molecule has 1 N–H and O–H groups in total. The molecule has 1 heterocycles. The predicted octanol–water partition coefficient (Wildman–Crippen LogP) is 4.07. The van der Waals surface area contributed by atoms with Gasteiger partial charge < -0.3 is 9.47 Å². The number of methoxy groups -OCH3 is 2. The number of nitrogens with zero attached hydrogens (tertiary/aromatic N) is 1. The first kappa shape index (κ1) is 19.4. The largest absolute Gasteiger partial charge is 0.493 e. The first-order valence-corrected chi connectivity index (χ1v) is 9.94. The van der Waals surface area contributed by atoms with Gasteiger partial charge in [-0.05, 0) is 41.5 Å². The molecule has 0 saturated carbocycles. The minimum Gasteiger partial charge on any atom is -0.493 e. The van der Waals surface area contributed by atoms with E-state index in [-0.39, 0.29) is 4.90 Å². The van der Waals surface area contributed by atoms with Crippen LogP contribution in [0.2, 0.25) is 0 Å². The van der Waals surface area contributed by atoms with Crippen molar-refractivity contribution < 1.29 is 17.9 Å². The summed E-state index contributed by atoms with van der Waals surface area (Å²) in [5, 5.41) is 0. The second-order valence-electron chi connectivity index (χ2n) is 5.82. The highest BCUT2D eigenvalue weighted by molar-refractivity contribution is 7.92. The first-order chi connectivity index (χ1) is 13.5. The molecular weight excluding hydrogens is 376 g/mol. The van der Waals surface area contributed by atoms with Crippen LogP contribution in [-0.2, 0) is 10.0 Å². The van der Waals surface area contributed by atoms with E-state index in [1.54, 1.807) is 30.6 Å². The van der Waals surface area contributed by atoms with E-state index >= 15 is 0 Å². The number of nitrogens with one attached hydrogen (secondary N) is 1.